The van der Waals surface area contributed by atoms with Crippen molar-refractivity contribution in [3.63, 3.8) is 0 Å². The molecule has 9 nitrogen and oxygen atoms in total. The highest BCUT2D eigenvalue weighted by molar-refractivity contribution is 7.13. The van der Waals surface area contributed by atoms with Crippen molar-refractivity contribution in [1.29, 1.82) is 0 Å². The molecule has 0 aliphatic carbocycles. The molecule has 1 aliphatic heterocycles. The number of hydrogen-bond acceptors (Lipinski definition) is 8. The highest BCUT2D eigenvalue weighted by Crippen LogP contribution is 2.17. The van der Waals surface area contributed by atoms with Gasteiger partial charge in [0.05, 0.1) is 13.2 Å². The van der Waals surface area contributed by atoms with E-state index in [1.807, 2.05) is 30.3 Å². The third kappa shape index (κ3) is 7.08. The number of nitrogens with one attached hydrogen (secondary N) is 2. The fourth-order valence-corrected chi connectivity index (χ4v) is 4.03. The maximum atomic E-state index is 12.5. The summed E-state index contributed by atoms with van der Waals surface area (Å²) in [4.78, 5) is 27.2. The lowest BCUT2D eigenvalue weighted by Crippen LogP contribution is -2.38. The molecule has 1 saturated heterocycles. The van der Waals surface area contributed by atoms with E-state index in [0.29, 0.717) is 22.8 Å². The zero-order chi connectivity index (χ0) is 23.6. The number of para-hydroxylation sites is 1. The quantitative estimate of drug-likeness (QED) is 0.429. The van der Waals surface area contributed by atoms with Crippen LogP contribution in [0.15, 0.2) is 54.6 Å². The number of ether oxygens (including phenoxy) is 2. The maximum absolute atomic E-state index is 12.5. The molecule has 1 fully saturated rings. The van der Waals surface area contributed by atoms with Gasteiger partial charge in [-0.3, -0.25) is 14.5 Å². The summed E-state index contributed by atoms with van der Waals surface area (Å²) in [5, 5.41) is 14.5. The van der Waals surface area contributed by atoms with Crippen molar-refractivity contribution in [2.75, 3.05) is 44.7 Å². The minimum absolute atomic E-state index is 0.132. The molecule has 2 aromatic carbocycles. The number of benzene rings is 2. The van der Waals surface area contributed by atoms with E-state index in [1.165, 1.54) is 11.3 Å². The van der Waals surface area contributed by atoms with Gasteiger partial charge in [-0.2, -0.15) is 0 Å². The van der Waals surface area contributed by atoms with Crippen molar-refractivity contribution in [2.45, 2.75) is 13.0 Å². The number of hydrogen-bond donors (Lipinski definition) is 2. The van der Waals surface area contributed by atoms with E-state index in [4.69, 9.17) is 9.47 Å². The minimum Gasteiger partial charge on any atom is -0.486 e. The second kappa shape index (κ2) is 12.2. The summed E-state index contributed by atoms with van der Waals surface area (Å²) in [5.74, 6) is 0.237. The third-order valence-corrected chi connectivity index (χ3v) is 6.11. The van der Waals surface area contributed by atoms with Crippen molar-refractivity contribution in [3.8, 4) is 5.75 Å². The van der Waals surface area contributed by atoms with Crippen LogP contribution in [0.25, 0.3) is 0 Å². The normalized spacial score (nSPS) is 13.9. The molecule has 0 saturated carbocycles. The van der Waals surface area contributed by atoms with E-state index in [1.54, 1.807) is 24.3 Å². The summed E-state index contributed by atoms with van der Waals surface area (Å²) < 4.78 is 11.0. The van der Waals surface area contributed by atoms with Crippen molar-refractivity contribution in [2.24, 2.45) is 0 Å². The molecule has 34 heavy (non-hydrogen) atoms. The zero-order valence-corrected chi connectivity index (χ0v) is 19.6. The van der Waals surface area contributed by atoms with Crippen molar-refractivity contribution < 1.29 is 19.1 Å². The Morgan fingerprint density at radius 1 is 1.00 bits per heavy atom. The lowest BCUT2D eigenvalue weighted by atomic mass is 10.2. The SMILES string of the molecule is O=C(NCCCN1CCOCC1)c1ccc(NC(=O)c2nnc(COc3ccccc3)s2)cc1. The van der Waals surface area contributed by atoms with Crippen LogP contribution in [-0.4, -0.2) is 66.3 Å². The van der Waals surface area contributed by atoms with Crippen molar-refractivity contribution in [1.82, 2.24) is 20.4 Å². The molecule has 2 amide bonds. The number of anilines is 1. The van der Waals surface area contributed by atoms with Crippen molar-refractivity contribution in [3.05, 3.63) is 70.2 Å². The molecule has 1 aliphatic rings. The molecule has 2 heterocycles. The van der Waals surface area contributed by atoms with E-state index in [9.17, 15) is 9.59 Å². The van der Waals surface area contributed by atoms with Crippen LogP contribution in [0.3, 0.4) is 0 Å². The van der Waals surface area contributed by atoms with Gasteiger partial charge >= 0.3 is 0 Å². The topological polar surface area (TPSA) is 106 Å². The Kier molecular flexibility index (Phi) is 8.55. The Hall–Kier alpha value is -3.34. The summed E-state index contributed by atoms with van der Waals surface area (Å²) in [6.07, 6.45) is 0.889. The average molecular weight is 482 g/mol. The molecular formula is C24H27N5O4S. The molecule has 1 aromatic heterocycles. The smallest absolute Gasteiger partial charge is 0.286 e. The molecule has 2 N–H and O–H groups in total. The van der Waals surface area contributed by atoms with E-state index in [-0.39, 0.29) is 23.4 Å². The number of carbonyl (C=O) groups is 2. The number of morpholine rings is 1. The fourth-order valence-electron chi connectivity index (χ4n) is 3.39. The summed E-state index contributed by atoms with van der Waals surface area (Å²) in [7, 11) is 0. The second-order valence-electron chi connectivity index (χ2n) is 7.70. The van der Waals surface area contributed by atoms with Crippen LogP contribution in [0.2, 0.25) is 0 Å². The van der Waals surface area contributed by atoms with E-state index in [0.717, 1.165) is 45.0 Å². The first kappa shape index (κ1) is 23.8. The van der Waals surface area contributed by atoms with Crippen molar-refractivity contribution >= 4 is 28.8 Å². The lowest BCUT2D eigenvalue weighted by molar-refractivity contribution is 0.0374. The predicted molar refractivity (Wildman–Crippen MR) is 129 cm³/mol. The van der Waals surface area contributed by atoms with Gasteiger partial charge in [-0.15, -0.1) is 10.2 Å². The van der Waals surface area contributed by atoms with E-state index in [2.05, 4.69) is 25.7 Å². The molecule has 0 atom stereocenters. The Labute approximate surface area is 202 Å². The summed E-state index contributed by atoms with van der Waals surface area (Å²) in [6.45, 7) is 5.24. The van der Waals surface area contributed by atoms with Crippen LogP contribution in [0.4, 0.5) is 5.69 Å². The van der Waals surface area contributed by atoms with Crippen LogP contribution in [0, 0.1) is 0 Å². The first-order chi connectivity index (χ1) is 16.7. The van der Waals surface area contributed by atoms with Gasteiger partial charge in [-0.25, -0.2) is 0 Å². The van der Waals surface area contributed by atoms with Crippen LogP contribution in [0.5, 0.6) is 5.75 Å². The number of carbonyl (C=O) groups excluding carboxylic acids is 2. The standard InChI is InChI=1S/C24H27N5O4S/c30-22(25-11-4-12-29-13-15-32-16-14-29)18-7-9-19(10-8-18)26-23(31)24-28-27-21(34-24)17-33-20-5-2-1-3-6-20/h1-3,5-10H,4,11-17H2,(H,25,30)(H,26,31). The first-order valence-electron chi connectivity index (χ1n) is 11.2. The van der Waals surface area contributed by atoms with Crippen LogP contribution in [-0.2, 0) is 11.3 Å². The Morgan fingerprint density at radius 3 is 2.53 bits per heavy atom. The molecule has 0 spiro atoms. The molecule has 4 rings (SSSR count). The lowest BCUT2D eigenvalue weighted by Gasteiger charge is -2.26. The monoisotopic (exact) mass is 481 g/mol. The van der Waals surface area contributed by atoms with Crippen LogP contribution < -0.4 is 15.4 Å². The van der Waals surface area contributed by atoms with E-state index < -0.39 is 0 Å². The Bertz CT molecular complexity index is 1070. The highest BCUT2D eigenvalue weighted by atomic mass is 32.1. The summed E-state index contributed by atoms with van der Waals surface area (Å²) in [6, 6.07) is 16.1. The molecule has 0 unspecified atom stereocenters. The zero-order valence-electron chi connectivity index (χ0n) is 18.7. The van der Waals surface area contributed by atoms with Gasteiger partial charge in [0.15, 0.2) is 5.01 Å². The van der Waals surface area contributed by atoms with Crippen LogP contribution >= 0.6 is 11.3 Å². The van der Waals surface area contributed by atoms with Gasteiger partial charge in [-0.1, -0.05) is 29.5 Å². The van der Waals surface area contributed by atoms with Gasteiger partial charge in [0.25, 0.3) is 11.8 Å². The third-order valence-electron chi connectivity index (χ3n) is 5.21. The molecule has 178 valence electrons. The highest BCUT2D eigenvalue weighted by Gasteiger charge is 2.14. The fraction of sp³-hybridized carbons (Fsp3) is 0.333. The number of rotatable bonds is 10. The molecule has 0 bridgehead atoms. The summed E-state index contributed by atoms with van der Waals surface area (Å²) >= 11 is 1.18. The van der Waals surface area contributed by atoms with Gasteiger partial charge in [0.2, 0.25) is 5.01 Å². The molecule has 10 heteroatoms. The Morgan fingerprint density at radius 2 is 1.76 bits per heavy atom. The van der Waals surface area contributed by atoms with E-state index >= 15 is 0 Å². The molecule has 3 aromatic rings. The van der Waals surface area contributed by atoms with Gasteiger partial charge in [0, 0.05) is 30.9 Å². The van der Waals surface area contributed by atoms with Gasteiger partial charge in [-0.05, 0) is 49.4 Å². The first-order valence-corrected chi connectivity index (χ1v) is 12.0. The van der Waals surface area contributed by atoms with Crippen LogP contribution in [0.1, 0.15) is 31.6 Å². The Balaban J connectivity index is 1.20. The number of aromatic nitrogens is 2. The number of nitrogens with zero attached hydrogens (tertiary/aromatic N) is 3. The average Bonchev–Trinajstić information content (AvgIpc) is 3.36. The predicted octanol–water partition coefficient (Wildman–Crippen LogP) is 2.82. The molecular weight excluding hydrogens is 454 g/mol. The van der Waals surface area contributed by atoms with Gasteiger partial charge in [0.1, 0.15) is 12.4 Å². The largest absolute Gasteiger partial charge is 0.486 e. The number of amides is 2. The maximum Gasteiger partial charge on any atom is 0.286 e. The minimum atomic E-state index is -0.358. The van der Waals surface area contributed by atoms with Gasteiger partial charge < -0.3 is 20.1 Å². The second-order valence-corrected chi connectivity index (χ2v) is 8.76. The molecule has 0 radical (unpaired) electrons. The summed E-state index contributed by atoms with van der Waals surface area (Å²) in [5.41, 5.74) is 1.12.